The van der Waals surface area contributed by atoms with Crippen LogP contribution in [0, 0.1) is 0 Å². The first-order valence-corrected chi connectivity index (χ1v) is 5.58. The molecule has 0 spiro atoms. The van der Waals surface area contributed by atoms with E-state index >= 15 is 0 Å². The number of rotatable bonds is 1. The molecule has 0 aromatic heterocycles. The van der Waals surface area contributed by atoms with Crippen LogP contribution in [0.25, 0.3) is 10.8 Å². The van der Waals surface area contributed by atoms with Gasteiger partial charge in [0.25, 0.3) is 0 Å². The van der Waals surface area contributed by atoms with Gasteiger partial charge in [0.2, 0.25) is 6.79 Å². The largest absolute Gasteiger partial charge is 0.454 e. The Bertz CT molecular complexity index is 544. The first-order chi connectivity index (χ1) is 7.75. The van der Waals surface area contributed by atoms with E-state index in [0.29, 0.717) is 12.7 Å². The molecule has 0 radical (unpaired) electrons. The van der Waals surface area contributed by atoms with Crippen molar-refractivity contribution in [3.8, 4) is 11.5 Å². The maximum atomic E-state index is 5.49. The van der Waals surface area contributed by atoms with Gasteiger partial charge < -0.3 is 9.47 Å². The Labute approximate surface area is 94.8 Å². The molecular formula is C14H14O2. The molecular weight excluding hydrogens is 200 g/mol. The van der Waals surface area contributed by atoms with E-state index in [-0.39, 0.29) is 0 Å². The van der Waals surface area contributed by atoms with Crippen LogP contribution in [0.3, 0.4) is 0 Å². The van der Waals surface area contributed by atoms with Gasteiger partial charge in [-0.3, -0.25) is 0 Å². The Balaban J connectivity index is 2.24. The highest BCUT2D eigenvalue weighted by molar-refractivity contribution is 5.91. The third kappa shape index (κ3) is 1.33. The van der Waals surface area contributed by atoms with Gasteiger partial charge in [0, 0.05) is 5.39 Å². The molecule has 1 aliphatic heterocycles. The normalized spacial score (nSPS) is 13.7. The fraction of sp³-hybridized carbons (Fsp3) is 0.286. The lowest BCUT2D eigenvalue weighted by Gasteiger charge is -2.08. The molecule has 2 aromatic carbocycles. The summed E-state index contributed by atoms with van der Waals surface area (Å²) in [5.74, 6) is 2.28. The highest BCUT2D eigenvalue weighted by atomic mass is 16.7. The molecule has 3 rings (SSSR count). The average molecular weight is 214 g/mol. The van der Waals surface area contributed by atoms with Gasteiger partial charge in [-0.15, -0.1) is 0 Å². The van der Waals surface area contributed by atoms with Crippen molar-refractivity contribution in [3.63, 3.8) is 0 Å². The molecule has 2 nitrogen and oxygen atoms in total. The molecule has 1 aliphatic rings. The van der Waals surface area contributed by atoms with Crippen molar-refractivity contribution in [2.75, 3.05) is 6.79 Å². The standard InChI is InChI=1S/C14H14O2/c1-9(2)10-3-5-12-11(7-10)4-6-13-14(12)16-8-15-13/h3-7,9H,8H2,1-2H3. The van der Waals surface area contributed by atoms with Gasteiger partial charge in [0.05, 0.1) is 0 Å². The third-order valence-corrected chi connectivity index (χ3v) is 3.04. The second-order valence-electron chi connectivity index (χ2n) is 4.43. The van der Waals surface area contributed by atoms with E-state index in [1.807, 2.05) is 6.07 Å². The van der Waals surface area contributed by atoms with E-state index in [9.17, 15) is 0 Å². The summed E-state index contributed by atoms with van der Waals surface area (Å²) in [5.41, 5.74) is 1.35. The van der Waals surface area contributed by atoms with Crippen molar-refractivity contribution in [1.29, 1.82) is 0 Å². The van der Waals surface area contributed by atoms with Crippen LogP contribution in [0.5, 0.6) is 11.5 Å². The van der Waals surface area contributed by atoms with E-state index in [4.69, 9.17) is 9.47 Å². The zero-order valence-corrected chi connectivity index (χ0v) is 9.49. The van der Waals surface area contributed by atoms with E-state index in [0.717, 1.165) is 16.9 Å². The second kappa shape index (κ2) is 3.41. The fourth-order valence-corrected chi connectivity index (χ4v) is 2.07. The third-order valence-electron chi connectivity index (χ3n) is 3.04. The predicted molar refractivity (Wildman–Crippen MR) is 64.2 cm³/mol. The molecule has 82 valence electrons. The lowest BCUT2D eigenvalue weighted by Crippen LogP contribution is -1.93. The van der Waals surface area contributed by atoms with Gasteiger partial charge >= 0.3 is 0 Å². The summed E-state index contributed by atoms with van der Waals surface area (Å²) in [6.07, 6.45) is 0. The predicted octanol–water partition coefficient (Wildman–Crippen LogP) is 3.69. The molecule has 0 atom stereocenters. The highest BCUT2D eigenvalue weighted by Gasteiger charge is 2.16. The van der Waals surface area contributed by atoms with Crippen molar-refractivity contribution >= 4 is 10.8 Å². The smallest absolute Gasteiger partial charge is 0.231 e. The maximum absolute atomic E-state index is 5.49. The molecule has 0 saturated carbocycles. The van der Waals surface area contributed by atoms with Crippen molar-refractivity contribution in [1.82, 2.24) is 0 Å². The highest BCUT2D eigenvalue weighted by Crippen LogP contribution is 2.39. The van der Waals surface area contributed by atoms with Crippen LogP contribution in [0.4, 0.5) is 0 Å². The van der Waals surface area contributed by atoms with Gasteiger partial charge in [-0.2, -0.15) is 0 Å². The number of ether oxygens (including phenoxy) is 2. The SMILES string of the molecule is CC(C)c1ccc2c3c(ccc2c1)OCO3. The van der Waals surface area contributed by atoms with E-state index in [1.165, 1.54) is 10.9 Å². The molecule has 0 amide bonds. The van der Waals surface area contributed by atoms with Gasteiger partial charge in [0.15, 0.2) is 11.5 Å². The van der Waals surface area contributed by atoms with Crippen molar-refractivity contribution in [2.45, 2.75) is 19.8 Å². The minimum Gasteiger partial charge on any atom is -0.454 e. The summed E-state index contributed by atoms with van der Waals surface area (Å²) in [5, 5.41) is 2.36. The second-order valence-corrected chi connectivity index (χ2v) is 4.43. The summed E-state index contributed by atoms with van der Waals surface area (Å²) in [4.78, 5) is 0. The average Bonchev–Trinajstić information content (AvgIpc) is 2.76. The zero-order valence-electron chi connectivity index (χ0n) is 9.49. The minimum atomic E-state index is 0.334. The summed E-state index contributed by atoms with van der Waals surface area (Å²) >= 11 is 0. The Kier molecular flexibility index (Phi) is 2.03. The molecule has 0 fully saturated rings. The van der Waals surface area contributed by atoms with Gasteiger partial charge in [0.1, 0.15) is 0 Å². The lowest BCUT2D eigenvalue weighted by molar-refractivity contribution is 0.175. The van der Waals surface area contributed by atoms with Crippen LogP contribution in [0.1, 0.15) is 25.3 Å². The Morgan fingerprint density at radius 2 is 1.94 bits per heavy atom. The summed E-state index contributed by atoms with van der Waals surface area (Å²) in [7, 11) is 0. The zero-order chi connectivity index (χ0) is 11.1. The summed E-state index contributed by atoms with van der Waals surface area (Å²) in [6, 6.07) is 10.6. The van der Waals surface area contributed by atoms with Crippen molar-refractivity contribution < 1.29 is 9.47 Å². The summed E-state index contributed by atoms with van der Waals surface area (Å²) in [6.45, 7) is 4.74. The van der Waals surface area contributed by atoms with Gasteiger partial charge in [-0.25, -0.2) is 0 Å². The number of hydrogen-bond acceptors (Lipinski definition) is 2. The van der Waals surface area contributed by atoms with Crippen LogP contribution in [0.2, 0.25) is 0 Å². The monoisotopic (exact) mass is 214 g/mol. The molecule has 1 heterocycles. The summed E-state index contributed by atoms with van der Waals surface area (Å²) < 4.78 is 10.9. The first-order valence-electron chi connectivity index (χ1n) is 5.58. The van der Waals surface area contributed by atoms with E-state index < -0.39 is 0 Å². The quantitative estimate of drug-likeness (QED) is 0.720. The Hall–Kier alpha value is -1.70. The number of hydrogen-bond donors (Lipinski definition) is 0. The molecule has 2 heteroatoms. The molecule has 0 aliphatic carbocycles. The van der Waals surface area contributed by atoms with Gasteiger partial charge in [-0.1, -0.05) is 38.1 Å². The van der Waals surface area contributed by atoms with Crippen LogP contribution in [-0.4, -0.2) is 6.79 Å². The van der Waals surface area contributed by atoms with Crippen LogP contribution in [0.15, 0.2) is 30.3 Å². The van der Waals surface area contributed by atoms with Crippen molar-refractivity contribution in [2.24, 2.45) is 0 Å². The number of benzene rings is 2. The topological polar surface area (TPSA) is 18.5 Å². The van der Waals surface area contributed by atoms with Crippen molar-refractivity contribution in [3.05, 3.63) is 35.9 Å². The molecule has 0 bridgehead atoms. The van der Waals surface area contributed by atoms with Crippen LogP contribution < -0.4 is 9.47 Å². The van der Waals surface area contributed by atoms with Gasteiger partial charge in [-0.05, 0) is 22.9 Å². The minimum absolute atomic E-state index is 0.334. The molecule has 2 aromatic rings. The molecule has 0 unspecified atom stereocenters. The molecule has 0 N–H and O–H groups in total. The number of fused-ring (bicyclic) bond motifs is 3. The van der Waals surface area contributed by atoms with Crippen LogP contribution >= 0.6 is 0 Å². The Morgan fingerprint density at radius 3 is 2.75 bits per heavy atom. The lowest BCUT2D eigenvalue weighted by atomic mass is 9.99. The van der Waals surface area contributed by atoms with E-state index in [2.05, 4.69) is 38.1 Å². The maximum Gasteiger partial charge on any atom is 0.231 e. The first kappa shape index (κ1) is 9.52. The Morgan fingerprint density at radius 1 is 1.06 bits per heavy atom. The van der Waals surface area contributed by atoms with E-state index in [1.54, 1.807) is 0 Å². The molecule has 16 heavy (non-hydrogen) atoms. The molecule has 0 saturated heterocycles. The fourth-order valence-electron chi connectivity index (χ4n) is 2.07. The van der Waals surface area contributed by atoms with Crippen LogP contribution in [-0.2, 0) is 0 Å².